The predicted molar refractivity (Wildman–Crippen MR) is 123 cm³/mol. The molecule has 0 spiro atoms. The van der Waals surface area contributed by atoms with Gasteiger partial charge in [0.25, 0.3) is 0 Å². The van der Waals surface area contributed by atoms with Gasteiger partial charge < -0.3 is 14.9 Å². The van der Waals surface area contributed by atoms with Crippen molar-refractivity contribution in [1.82, 2.24) is 4.90 Å². The highest BCUT2D eigenvalue weighted by molar-refractivity contribution is 6.31. The van der Waals surface area contributed by atoms with Crippen molar-refractivity contribution in [2.45, 2.75) is 52.9 Å². The number of allylic oxidation sites excluding steroid dienone is 1. The van der Waals surface area contributed by atoms with E-state index in [9.17, 15) is 9.90 Å². The Morgan fingerprint density at radius 2 is 1.87 bits per heavy atom. The third-order valence-corrected chi connectivity index (χ3v) is 6.00. The summed E-state index contributed by atoms with van der Waals surface area (Å²) in [6, 6.07) is 14.6. The summed E-state index contributed by atoms with van der Waals surface area (Å²) in [6.45, 7) is 5.70. The van der Waals surface area contributed by atoms with Gasteiger partial charge in [-0.05, 0) is 37.0 Å². The Kier molecular flexibility index (Phi) is 7.31. The minimum atomic E-state index is -0.721. The molecule has 0 bridgehead atoms. The Hall–Kier alpha value is -2.47. The molecule has 2 aromatic carbocycles. The first-order valence-corrected chi connectivity index (χ1v) is 10.6. The van der Waals surface area contributed by atoms with Crippen LogP contribution in [-0.4, -0.2) is 52.7 Å². The Bertz CT molecular complexity index is 979. The van der Waals surface area contributed by atoms with Crippen LogP contribution >= 0.6 is 0 Å². The lowest BCUT2D eigenvalue weighted by molar-refractivity contribution is -0.112. The molecular formula is C26H33NO4. The predicted octanol–water partition coefficient (Wildman–Crippen LogP) is 3.45. The largest absolute Gasteiger partial charge is 0.487 e. The van der Waals surface area contributed by atoms with Gasteiger partial charge in [0, 0.05) is 36.7 Å². The summed E-state index contributed by atoms with van der Waals surface area (Å²) in [4.78, 5) is 14.8. The van der Waals surface area contributed by atoms with E-state index in [1.165, 1.54) is 5.56 Å². The molecule has 5 heteroatoms. The van der Waals surface area contributed by atoms with Gasteiger partial charge in [-0.3, -0.25) is 9.69 Å². The van der Waals surface area contributed by atoms with E-state index in [0.29, 0.717) is 30.9 Å². The number of hydrogen-bond acceptors (Lipinski definition) is 5. The van der Waals surface area contributed by atoms with Crippen molar-refractivity contribution in [1.29, 1.82) is 0 Å². The van der Waals surface area contributed by atoms with Crippen molar-refractivity contribution < 1.29 is 19.7 Å². The molecule has 0 radical (unpaired) electrons. The fraction of sp³-hybridized carbons (Fsp3) is 0.423. The molecule has 2 aliphatic rings. The molecule has 1 heterocycles. The summed E-state index contributed by atoms with van der Waals surface area (Å²) < 4.78 is 6.01. The average Bonchev–Trinajstić information content (AvgIpc) is 3.29. The molecule has 0 aromatic heterocycles. The van der Waals surface area contributed by atoms with Gasteiger partial charge in [0.15, 0.2) is 5.78 Å². The van der Waals surface area contributed by atoms with Gasteiger partial charge in [-0.1, -0.05) is 49.9 Å². The number of aliphatic hydroxyl groups excluding tert-OH is 2. The monoisotopic (exact) mass is 423 g/mol. The second kappa shape index (κ2) is 9.77. The van der Waals surface area contributed by atoms with Crippen molar-refractivity contribution in [2.24, 2.45) is 0 Å². The number of rotatable bonds is 7. The molecule has 1 aliphatic carbocycles. The van der Waals surface area contributed by atoms with Crippen LogP contribution in [0.5, 0.6) is 0 Å². The number of fused-ring (bicyclic) bond motifs is 2. The number of nitrogens with zero attached hydrogens (tertiary/aromatic N) is 1. The second-order valence-electron chi connectivity index (χ2n) is 8.42. The molecule has 166 valence electrons. The van der Waals surface area contributed by atoms with Gasteiger partial charge in [0.05, 0.1) is 18.3 Å². The van der Waals surface area contributed by atoms with Crippen LogP contribution in [0.3, 0.4) is 0 Å². The van der Waals surface area contributed by atoms with Crippen molar-refractivity contribution >= 4 is 17.1 Å². The van der Waals surface area contributed by atoms with Crippen LogP contribution in [0.25, 0.3) is 11.3 Å². The van der Waals surface area contributed by atoms with Crippen molar-refractivity contribution in [3.8, 4) is 0 Å². The van der Waals surface area contributed by atoms with Crippen LogP contribution < -0.4 is 0 Å². The van der Waals surface area contributed by atoms with Crippen molar-refractivity contribution in [3.63, 3.8) is 0 Å². The molecule has 0 saturated heterocycles. The summed E-state index contributed by atoms with van der Waals surface area (Å²) in [6.07, 6.45) is 0.565. The minimum Gasteiger partial charge on any atom is -0.487 e. The number of ether oxygens (including phenoxy) is 1. The van der Waals surface area contributed by atoms with Gasteiger partial charge in [0.2, 0.25) is 0 Å². The lowest BCUT2D eigenvalue weighted by Crippen LogP contribution is -2.40. The molecule has 4 rings (SSSR count). The first kappa shape index (κ1) is 23.2. The van der Waals surface area contributed by atoms with Gasteiger partial charge >= 0.3 is 0 Å². The maximum atomic E-state index is 12.7. The number of hydrogen-bond donors (Lipinski definition) is 2. The van der Waals surface area contributed by atoms with E-state index >= 15 is 0 Å². The number of benzene rings is 2. The topological polar surface area (TPSA) is 70.0 Å². The van der Waals surface area contributed by atoms with Crippen LogP contribution in [0.2, 0.25) is 0 Å². The van der Waals surface area contributed by atoms with Gasteiger partial charge in [-0.25, -0.2) is 0 Å². The zero-order valence-corrected chi connectivity index (χ0v) is 17.6. The van der Waals surface area contributed by atoms with E-state index in [0.717, 1.165) is 35.2 Å². The fourth-order valence-corrected chi connectivity index (χ4v) is 4.32. The zero-order chi connectivity index (χ0) is 21.3. The molecule has 0 unspecified atom stereocenters. The van der Waals surface area contributed by atoms with Crippen LogP contribution in [0, 0.1) is 0 Å². The van der Waals surface area contributed by atoms with Gasteiger partial charge in [-0.2, -0.15) is 0 Å². The Morgan fingerprint density at radius 1 is 1.10 bits per heavy atom. The Labute approximate surface area is 185 Å². The molecule has 31 heavy (non-hydrogen) atoms. The zero-order valence-electron chi connectivity index (χ0n) is 17.6. The quantitative estimate of drug-likeness (QED) is 0.668. The highest BCUT2D eigenvalue weighted by atomic mass is 16.5. The van der Waals surface area contributed by atoms with E-state index in [2.05, 4.69) is 36.9 Å². The summed E-state index contributed by atoms with van der Waals surface area (Å²) in [5.41, 5.74) is 6.09. The number of carbonyl (C=O) groups excluding carboxylic acids is 1. The summed E-state index contributed by atoms with van der Waals surface area (Å²) in [5.74, 6) is 0.833. The Balaban J connectivity index is 0.00000272. The van der Waals surface area contributed by atoms with E-state index in [4.69, 9.17) is 9.84 Å². The number of aliphatic hydroxyl groups is 2. The highest BCUT2D eigenvalue weighted by Gasteiger charge is 2.32. The minimum absolute atomic E-state index is 0. The summed E-state index contributed by atoms with van der Waals surface area (Å²) in [7, 11) is 0. The lowest BCUT2D eigenvalue weighted by atomic mass is 9.98. The molecule has 0 fully saturated rings. The average molecular weight is 424 g/mol. The molecule has 2 N–H and O–H groups in total. The first-order chi connectivity index (χ1) is 14.5. The van der Waals surface area contributed by atoms with Crippen LogP contribution in [0.15, 0.2) is 42.5 Å². The van der Waals surface area contributed by atoms with Gasteiger partial charge in [0.1, 0.15) is 12.4 Å². The van der Waals surface area contributed by atoms with E-state index in [-0.39, 0.29) is 25.9 Å². The van der Waals surface area contributed by atoms with Crippen LogP contribution in [0.4, 0.5) is 0 Å². The number of carbonyl (C=O) groups is 1. The SMILES string of the molecule is C.CC(C)N(CCc1ccc2c(c1)CO/C2=C1/C(=O)Cc2ccccc21)C[C@@H](O)CO. The third kappa shape index (κ3) is 4.74. The summed E-state index contributed by atoms with van der Waals surface area (Å²) >= 11 is 0. The standard InChI is InChI=1S/C25H29NO4.CH4/c1-16(2)26(13-20(28)14-27)10-9-17-7-8-22-19(11-17)15-30-25(22)24-21-6-4-3-5-18(21)12-23(24)29;/h3-8,11,16,20,27-28H,9-10,12-15H2,1-2H3;1H4/b25-24+;/t20-;/m1./s1. The molecular weight excluding hydrogens is 390 g/mol. The van der Waals surface area contributed by atoms with E-state index in [1.807, 2.05) is 24.3 Å². The van der Waals surface area contributed by atoms with Crippen LogP contribution in [0.1, 0.15) is 49.1 Å². The van der Waals surface area contributed by atoms with E-state index in [1.54, 1.807) is 0 Å². The van der Waals surface area contributed by atoms with E-state index < -0.39 is 6.10 Å². The smallest absolute Gasteiger partial charge is 0.171 e. The lowest BCUT2D eigenvalue weighted by Gasteiger charge is -2.28. The molecule has 1 atom stereocenters. The molecule has 0 amide bonds. The molecule has 2 aromatic rings. The molecule has 1 aliphatic heterocycles. The highest BCUT2D eigenvalue weighted by Crippen LogP contribution is 2.40. The maximum absolute atomic E-state index is 12.7. The molecule has 5 nitrogen and oxygen atoms in total. The summed E-state index contributed by atoms with van der Waals surface area (Å²) in [5, 5.41) is 18.9. The fourth-order valence-electron chi connectivity index (χ4n) is 4.32. The number of Topliss-reactive ketones (excluding diaryl/α,β-unsaturated/α-hetero) is 1. The van der Waals surface area contributed by atoms with Crippen molar-refractivity contribution in [2.75, 3.05) is 19.7 Å². The normalized spacial score (nSPS) is 18.1. The van der Waals surface area contributed by atoms with Crippen molar-refractivity contribution in [3.05, 3.63) is 70.3 Å². The maximum Gasteiger partial charge on any atom is 0.171 e. The number of ketones is 1. The first-order valence-electron chi connectivity index (χ1n) is 10.6. The Morgan fingerprint density at radius 3 is 2.61 bits per heavy atom. The second-order valence-corrected chi connectivity index (χ2v) is 8.42. The van der Waals surface area contributed by atoms with Crippen LogP contribution in [-0.2, 0) is 29.0 Å². The molecule has 0 saturated carbocycles. The third-order valence-electron chi connectivity index (χ3n) is 6.00. The van der Waals surface area contributed by atoms with Gasteiger partial charge in [-0.15, -0.1) is 0 Å².